The van der Waals surface area contributed by atoms with E-state index in [4.69, 9.17) is 4.42 Å². The molecule has 0 aliphatic heterocycles. The van der Waals surface area contributed by atoms with E-state index in [0.29, 0.717) is 5.76 Å². The number of pyridine rings is 1. The van der Waals surface area contributed by atoms with Gasteiger partial charge in [0.15, 0.2) is 5.76 Å². The van der Waals surface area contributed by atoms with E-state index >= 15 is 0 Å². The molecule has 0 aromatic carbocycles. The SMILES string of the molecule is O=c1[nH]c2c(o1)-c1ccncc1CC2. The number of fused-ring (bicyclic) bond motifs is 3. The highest BCUT2D eigenvalue weighted by molar-refractivity contribution is 5.65. The minimum atomic E-state index is -0.375. The summed E-state index contributed by atoms with van der Waals surface area (Å²) in [6.07, 6.45) is 5.26. The normalized spacial score (nSPS) is 13.4. The molecule has 14 heavy (non-hydrogen) atoms. The molecule has 2 aromatic heterocycles. The van der Waals surface area contributed by atoms with E-state index in [1.54, 1.807) is 6.20 Å². The van der Waals surface area contributed by atoms with Gasteiger partial charge in [-0.3, -0.25) is 9.97 Å². The summed E-state index contributed by atoms with van der Waals surface area (Å²) < 4.78 is 5.09. The summed E-state index contributed by atoms with van der Waals surface area (Å²) in [5, 5.41) is 0. The van der Waals surface area contributed by atoms with Gasteiger partial charge in [-0.05, 0) is 24.5 Å². The van der Waals surface area contributed by atoms with Crippen LogP contribution in [0.5, 0.6) is 0 Å². The van der Waals surface area contributed by atoms with Crippen molar-refractivity contribution in [1.29, 1.82) is 0 Å². The second-order valence-electron chi connectivity index (χ2n) is 3.36. The molecule has 4 heteroatoms. The quantitative estimate of drug-likeness (QED) is 0.674. The Hall–Kier alpha value is -1.84. The smallest absolute Gasteiger partial charge is 0.408 e. The fraction of sp³-hybridized carbons (Fsp3) is 0.200. The Bertz CT molecular complexity index is 539. The number of rotatable bonds is 0. The van der Waals surface area contributed by atoms with Crippen LogP contribution in [-0.2, 0) is 12.8 Å². The second-order valence-corrected chi connectivity index (χ2v) is 3.36. The number of hydrogen-bond acceptors (Lipinski definition) is 3. The molecule has 0 saturated heterocycles. The number of aromatic amines is 1. The summed E-state index contributed by atoms with van der Waals surface area (Å²) in [7, 11) is 0. The molecule has 1 aliphatic carbocycles. The Labute approximate surface area is 79.6 Å². The molecule has 4 nitrogen and oxygen atoms in total. The molecule has 0 spiro atoms. The van der Waals surface area contributed by atoms with Crippen LogP contribution >= 0.6 is 0 Å². The van der Waals surface area contributed by atoms with Crippen LogP contribution in [0.2, 0.25) is 0 Å². The first kappa shape index (κ1) is 7.55. The first-order chi connectivity index (χ1) is 6.84. The Morgan fingerprint density at radius 1 is 1.43 bits per heavy atom. The van der Waals surface area contributed by atoms with Gasteiger partial charge in [0.25, 0.3) is 0 Å². The van der Waals surface area contributed by atoms with Crippen molar-refractivity contribution in [2.24, 2.45) is 0 Å². The van der Waals surface area contributed by atoms with Crippen molar-refractivity contribution in [2.45, 2.75) is 12.8 Å². The van der Waals surface area contributed by atoms with E-state index in [1.165, 1.54) is 0 Å². The Morgan fingerprint density at radius 3 is 3.29 bits per heavy atom. The molecule has 70 valence electrons. The molecule has 1 N–H and O–H groups in total. The topological polar surface area (TPSA) is 58.9 Å². The van der Waals surface area contributed by atoms with E-state index < -0.39 is 0 Å². The van der Waals surface area contributed by atoms with Crippen molar-refractivity contribution in [3.63, 3.8) is 0 Å². The van der Waals surface area contributed by atoms with Gasteiger partial charge < -0.3 is 4.42 Å². The van der Waals surface area contributed by atoms with Gasteiger partial charge in [0.1, 0.15) is 0 Å². The maximum absolute atomic E-state index is 11.0. The van der Waals surface area contributed by atoms with Gasteiger partial charge >= 0.3 is 5.76 Å². The van der Waals surface area contributed by atoms with Crippen LogP contribution in [0, 0.1) is 0 Å². The van der Waals surface area contributed by atoms with Crippen molar-refractivity contribution in [3.05, 3.63) is 40.3 Å². The second kappa shape index (κ2) is 2.57. The molecule has 2 aromatic rings. The lowest BCUT2D eigenvalue weighted by molar-refractivity contribution is 0.526. The van der Waals surface area contributed by atoms with Crippen LogP contribution in [0.4, 0.5) is 0 Å². The average molecular weight is 188 g/mol. The fourth-order valence-corrected chi connectivity index (χ4v) is 1.86. The Morgan fingerprint density at radius 2 is 2.36 bits per heavy atom. The number of nitrogens with zero attached hydrogens (tertiary/aromatic N) is 1. The highest BCUT2D eigenvalue weighted by Crippen LogP contribution is 2.30. The predicted octanol–water partition coefficient (Wildman–Crippen LogP) is 1.13. The van der Waals surface area contributed by atoms with Crippen molar-refractivity contribution in [2.75, 3.05) is 0 Å². The van der Waals surface area contributed by atoms with Crippen LogP contribution in [0.1, 0.15) is 11.3 Å². The van der Waals surface area contributed by atoms with Crippen molar-refractivity contribution >= 4 is 0 Å². The first-order valence-electron chi connectivity index (χ1n) is 4.50. The highest BCUT2D eigenvalue weighted by atomic mass is 16.4. The lowest BCUT2D eigenvalue weighted by Gasteiger charge is -2.12. The van der Waals surface area contributed by atoms with E-state index in [0.717, 1.165) is 29.7 Å². The van der Waals surface area contributed by atoms with Gasteiger partial charge in [-0.15, -0.1) is 0 Å². The zero-order valence-corrected chi connectivity index (χ0v) is 7.41. The average Bonchev–Trinajstić information content (AvgIpc) is 2.59. The van der Waals surface area contributed by atoms with Gasteiger partial charge in [-0.2, -0.15) is 0 Å². The molecule has 2 heterocycles. The molecular weight excluding hydrogens is 180 g/mol. The molecule has 0 unspecified atom stereocenters. The van der Waals surface area contributed by atoms with Crippen LogP contribution in [0.3, 0.4) is 0 Å². The first-order valence-corrected chi connectivity index (χ1v) is 4.50. The highest BCUT2D eigenvalue weighted by Gasteiger charge is 2.20. The molecule has 0 radical (unpaired) electrons. The molecule has 0 atom stereocenters. The minimum absolute atomic E-state index is 0.375. The maximum atomic E-state index is 11.0. The van der Waals surface area contributed by atoms with Crippen molar-refractivity contribution in [3.8, 4) is 11.3 Å². The predicted molar refractivity (Wildman–Crippen MR) is 50.0 cm³/mol. The third-order valence-corrected chi connectivity index (χ3v) is 2.51. The Kier molecular flexibility index (Phi) is 1.39. The summed E-state index contributed by atoms with van der Waals surface area (Å²) in [4.78, 5) is 17.8. The zero-order chi connectivity index (χ0) is 9.54. The molecule has 1 aliphatic rings. The van der Waals surface area contributed by atoms with Crippen LogP contribution in [0.25, 0.3) is 11.3 Å². The van der Waals surface area contributed by atoms with Crippen LogP contribution in [-0.4, -0.2) is 9.97 Å². The largest absolute Gasteiger partial charge is 0.417 e. The molecule has 0 fully saturated rings. The molecule has 0 saturated carbocycles. The molecule has 3 rings (SSSR count). The summed E-state index contributed by atoms with van der Waals surface area (Å²) in [6, 6.07) is 1.88. The molecular formula is C10H8N2O2. The third-order valence-electron chi connectivity index (χ3n) is 2.51. The third kappa shape index (κ3) is 0.937. The van der Waals surface area contributed by atoms with Gasteiger partial charge in [0, 0.05) is 18.0 Å². The minimum Gasteiger partial charge on any atom is -0.408 e. The van der Waals surface area contributed by atoms with Gasteiger partial charge in [0.05, 0.1) is 5.69 Å². The number of H-pyrrole nitrogens is 1. The number of hydrogen-bond donors (Lipinski definition) is 1. The molecule has 0 amide bonds. The van der Waals surface area contributed by atoms with Crippen LogP contribution < -0.4 is 5.76 Å². The maximum Gasteiger partial charge on any atom is 0.417 e. The van der Waals surface area contributed by atoms with Crippen molar-refractivity contribution < 1.29 is 4.42 Å². The summed E-state index contributed by atoms with van der Waals surface area (Å²) >= 11 is 0. The van der Waals surface area contributed by atoms with E-state index in [9.17, 15) is 4.79 Å². The molecule has 0 bridgehead atoms. The summed E-state index contributed by atoms with van der Waals surface area (Å²) in [5.74, 6) is 0.304. The van der Waals surface area contributed by atoms with E-state index in [1.807, 2.05) is 12.3 Å². The van der Waals surface area contributed by atoms with Gasteiger partial charge in [-0.25, -0.2) is 4.79 Å². The van der Waals surface area contributed by atoms with E-state index in [2.05, 4.69) is 9.97 Å². The fourth-order valence-electron chi connectivity index (χ4n) is 1.86. The number of aryl methyl sites for hydroxylation is 2. The monoisotopic (exact) mass is 188 g/mol. The number of aromatic nitrogens is 2. The summed E-state index contributed by atoms with van der Waals surface area (Å²) in [5.41, 5.74) is 3.02. The summed E-state index contributed by atoms with van der Waals surface area (Å²) in [6.45, 7) is 0. The standard InChI is InChI=1S/C10H8N2O2/c13-10-12-8-2-1-6-5-11-4-3-7(6)9(8)14-10/h3-5H,1-2H2,(H,12,13). The van der Waals surface area contributed by atoms with E-state index in [-0.39, 0.29) is 5.76 Å². The van der Waals surface area contributed by atoms with Gasteiger partial charge in [-0.1, -0.05) is 0 Å². The Balaban J connectivity index is 2.33. The van der Waals surface area contributed by atoms with Gasteiger partial charge in [0.2, 0.25) is 0 Å². The number of oxazole rings is 1. The van der Waals surface area contributed by atoms with Crippen molar-refractivity contribution in [1.82, 2.24) is 9.97 Å². The lowest BCUT2D eigenvalue weighted by Crippen LogP contribution is -2.03. The lowest BCUT2D eigenvalue weighted by atomic mass is 9.95. The number of nitrogens with one attached hydrogen (secondary N) is 1. The zero-order valence-electron chi connectivity index (χ0n) is 7.41. The van der Waals surface area contributed by atoms with Crippen LogP contribution in [0.15, 0.2) is 27.7 Å².